The first kappa shape index (κ1) is 18.5. The molecule has 0 bridgehead atoms. The van der Waals surface area contributed by atoms with Crippen LogP contribution in [0.15, 0.2) is 78.0 Å². The van der Waals surface area contributed by atoms with Crippen LogP contribution in [0, 0.1) is 0 Å². The molecule has 0 unspecified atom stereocenters. The largest absolute Gasteiger partial charge is 0.301 e. The first-order valence-electron chi connectivity index (χ1n) is 8.90. The molecule has 0 amide bonds. The highest BCUT2D eigenvalue weighted by molar-refractivity contribution is 8.02. The highest BCUT2D eigenvalue weighted by atomic mass is 32.2. The van der Waals surface area contributed by atoms with Crippen molar-refractivity contribution in [3.8, 4) is 0 Å². The van der Waals surface area contributed by atoms with Crippen LogP contribution in [0.1, 0.15) is 11.1 Å². The van der Waals surface area contributed by atoms with Gasteiger partial charge >= 0.3 is 0 Å². The van der Waals surface area contributed by atoms with Gasteiger partial charge in [0.1, 0.15) is 5.03 Å². The van der Waals surface area contributed by atoms with E-state index in [1.165, 1.54) is 5.56 Å². The summed E-state index contributed by atoms with van der Waals surface area (Å²) in [5, 5.41) is 5.11. The number of nitrogens with zero attached hydrogens (tertiary/aromatic N) is 3. The summed E-state index contributed by atoms with van der Waals surface area (Å²) in [6.45, 7) is 1.64. The van der Waals surface area contributed by atoms with Crippen molar-refractivity contribution in [1.82, 2.24) is 14.7 Å². The lowest BCUT2D eigenvalue weighted by Gasteiger charge is -2.27. The Kier molecular flexibility index (Phi) is 6.01. The topological polar surface area (TPSA) is 38.1 Å². The van der Waals surface area contributed by atoms with Gasteiger partial charge in [-0.2, -0.15) is 5.10 Å². The summed E-state index contributed by atoms with van der Waals surface area (Å²) >= 11 is 0. The van der Waals surface area contributed by atoms with E-state index in [-0.39, 0.29) is 0 Å². The van der Waals surface area contributed by atoms with Gasteiger partial charge in [0, 0.05) is 31.6 Å². The maximum absolute atomic E-state index is 13.9. The van der Waals surface area contributed by atoms with E-state index in [4.69, 9.17) is 0 Å². The van der Waals surface area contributed by atoms with Crippen LogP contribution in [0.25, 0.3) is 0 Å². The predicted molar refractivity (Wildman–Crippen MR) is 109 cm³/mol. The van der Waals surface area contributed by atoms with E-state index in [1.54, 1.807) is 10.9 Å². The number of thiol groups is 1. The van der Waals surface area contributed by atoms with Gasteiger partial charge in [-0.3, -0.25) is 8.89 Å². The van der Waals surface area contributed by atoms with Crippen LogP contribution in [0.4, 0.5) is 0 Å². The van der Waals surface area contributed by atoms with E-state index in [9.17, 15) is 4.21 Å². The van der Waals surface area contributed by atoms with Gasteiger partial charge in [0.05, 0.1) is 6.20 Å². The van der Waals surface area contributed by atoms with Crippen molar-refractivity contribution in [1.29, 1.82) is 0 Å². The minimum atomic E-state index is -2.58. The average Bonchev–Trinajstić information content (AvgIpc) is 3.09. The number of aromatic nitrogens is 2. The number of hydrogen-bond donors (Lipinski definition) is 1. The summed E-state index contributed by atoms with van der Waals surface area (Å²) in [7, 11) is 1.38. The molecule has 0 saturated carbocycles. The Hall–Kier alpha value is -2.24. The highest BCUT2D eigenvalue weighted by Gasteiger charge is 2.22. The van der Waals surface area contributed by atoms with Crippen molar-refractivity contribution < 1.29 is 4.21 Å². The normalized spacial score (nSPS) is 12.4. The summed E-state index contributed by atoms with van der Waals surface area (Å²) in [6, 6.07) is 22.4. The van der Waals surface area contributed by atoms with Crippen molar-refractivity contribution in [3.63, 3.8) is 0 Å². The van der Waals surface area contributed by atoms with Gasteiger partial charge in [0.25, 0.3) is 0 Å². The molecule has 0 spiro atoms. The molecule has 4 nitrogen and oxygen atoms in total. The van der Waals surface area contributed by atoms with E-state index in [2.05, 4.69) is 53.4 Å². The third kappa shape index (κ3) is 4.68. The standard InChI is InChI=1S/C21H27N3OS/c1-23(17-19-9-5-3-6-10-19)15-16-26(25,21-13-14-22-24(21)2)18-20-11-7-4-8-12-20/h3-14,26H,15-18H2,1-2H3. The average molecular weight is 370 g/mol. The molecule has 1 aromatic heterocycles. The molecule has 3 aromatic rings. The van der Waals surface area contributed by atoms with Crippen LogP contribution in [-0.4, -0.2) is 38.2 Å². The van der Waals surface area contributed by atoms with Crippen LogP contribution in [-0.2, 0) is 29.3 Å². The summed E-state index contributed by atoms with van der Waals surface area (Å²) in [5.41, 5.74) is 2.39. The second-order valence-electron chi connectivity index (χ2n) is 6.79. The van der Waals surface area contributed by atoms with Crippen molar-refractivity contribution in [3.05, 3.63) is 84.1 Å². The zero-order valence-electron chi connectivity index (χ0n) is 15.5. The molecule has 0 aliphatic heterocycles. The Balaban J connectivity index is 1.74. The highest BCUT2D eigenvalue weighted by Crippen LogP contribution is 2.24. The van der Waals surface area contributed by atoms with Gasteiger partial charge < -0.3 is 4.90 Å². The molecule has 1 heterocycles. The molecule has 0 aliphatic rings. The number of aryl methyl sites for hydroxylation is 1. The summed E-state index contributed by atoms with van der Waals surface area (Å²) in [6.07, 6.45) is 1.74. The van der Waals surface area contributed by atoms with Gasteiger partial charge in [-0.25, -0.2) is 0 Å². The molecule has 3 rings (SSSR count). The van der Waals surface area contributed by atoms with Crippen LogP contribution < -0.4 is 0 Å². The van der Waals surface area contributed by atoms with E-state index in [0.717, 1.165) is 23.7 Å². The smallest absolute Gasteiger partial charge is 0.101 e. The molecule has 0 aliphatic carbocycles. The number of hydrogen-bond acceptors (Lipinski definition) is 3. The maximum atomic E-state index is 13.9. The molecular formula is C21H27N3OS. The van der Waals surface area contributed by atoms with E-state index < -0.39 is 9.93 Å². The fourth-order valence-electron chi connectivity index (χ4n) is 3.23. The van der Waals surface area contributed by atoms with Crippen molar-refractivity contribution in [2.75, 3.05) is 19.3 Å². The zero-order valence-corrected chi connectivity index (χ0v) is 16.3. The van der Waals surface area contributed by atoms with Gasteiger partial charge in [-0.05, 0) is 24.2 Å². The summed E-state index contributed by atoms with van der Waals surface area (Å²) in [4.78, 5) is 2.24. The van der Waals surface area contributed by atoms with Crippen LogP contribution >= 0.6 is 0 Å². The predicted octanol–water partition coefficient (Wildman–Crippen LogP) is 3.13. The monoisotopic (exact) mass is 369 g/mol. The molecule has 0 N–H and O–H groups in total. The molecule has 0 atom stereocenters. The molecule has 5 heteroatoms. The summed E-state index contributed by atoms with van der Waals surface area (Å²) < 4.78 is 15.7. The van der Waals surface area contributed by atoms with E-state index >= 15 is 0 Å². The fourth-order valence-corrected chi connectivity index (χ4v) is 6.16. The Morgan fingerprint density at radius 1 is 0.962 bits per heavy atom. The Bertz CT molecular complexity index is 861. The van der Waals surface area contributed by atoms with E-state index in [1.807, 2.05) is 37.4 Å². The molecule has 26 heavy (non-hydrogen) atoms. The first-order valence-corrected chi connectivity index (χ1v) is 11.0. The van der Waals surface area contributed by atoms with Crippen LogP contribution in [0.5, 0.6) is 0 Å². The molecule has 0 fully saturated rings. The van der Waals surface area contributed by atoms with Gasteiger partial charge in [0.2, 0.25) is 0 Å². The minimum Gasteiger partial charge on any atom is -0.301 e. The zero-order chi connectivity index (χ0) is 18.4. The number of rotatable bonds is 8. The van der Waals surface area contributed by atoms with Gasteiger partial charge in [-0.15, -0.1) is 0 Å². The Morgan fingerprint density at radius 3 is 2.15 bits per heavy atom. The van der Waals surface area contributed by atoms with Crippen molar-refractivity contribution >= 4 is 9.93 Å². The third-order valence-corrected chi connectivity index (χ3v) is 7.70. The second kappa shape index (κ2) is 8.43. The van der Waals surface area contributed by atoms with Gasteiger partial charge in [0.15, 0.2) is 0 Å². The van der Waals surface area contributed by atoms with E-state index in [0.29, 0.717) is 11.5 Å². The molecule has 138 valence electrons. The molecule has 2 aromatic carbocycles. The van der Waals surface area contributed by atoms with Crippen LogP contribution in [0.2, 0.25) is 0 Å². The first-order chi connectivity index (χ1) is 12.6. The minimum absolute atomic E-state index is 0.576. The lowest BCUT2D eigenvalue weighted by atomic mass is 10.2. The number of benzene rings is 2. The second-order valence-corrected chi connectivity index (χ2v) is 9.79. The van der Waals surface area contributed by atoms with Crippen molar-refractivity contribution in [2.45, 2.75) is 17.3 Å². The molecular weight excluding hydrogens is 342 g/mol. The lowest BCUT2D eigenvalue weighted by Crippen LogP contribution is -2.31. The fraction of sp³-hybridized carbons (Fsp3) is 0.286. The van der Waals surface area contributed by atoms with Crippen molar-refractivity contribution in [2.24, 2.45) is 7.05 Å². The molecule has 0 saturated heterocycles. The quantitative estimate of drug-likeness (QED) is 0.620. The lowest BCUT2D eigenvalue weighted by molar-refractivity contribution is 0.347. The van der Waals surface area contributed by atoms with Gasteiger partial charge in [-0.1, -0.05) is 70.6 Å². The Labute approximate surface area is 156 Å². The molecule has 0 radical (unpaired) electrons. The maximum Gasteiger partial charge on any atom is 0.101 e. The Morgan fingerprint density at radius 2 is 1.58 bits per heavy atom. The summed E-state index contributed by atoms with van der Waals surface area (Å²) in [5.74, 6) is 1.22. The van der Waals surface area contributed by atoms with Crippen LogP contribution in [0.3, 0.4) is 0 Å². The SMILES string of the molecule is CN(CC[SH](=O)(Cc1ccccc1)c1ccnn1C)Cc1ccccc1. The third-order valence-electron chi connectivity index (χ3n) is 4.63.